The van der Waals surface area contributed by atoms with Gasteiger partial charge in [0.25, 0.3) is 0 Å². The molecule has 0 aromatic heterocycles. The van der Waals surface area contributed by atoms with Crippen molar-refractivity contribution in [2.24, 2.45) is 0 Å². The summed E-state index contributed by atoms with van der Waals surface area (Å²) in [6.07, 6.45) is 6.99. The Morgan fingerprint density at radius 1 is 0.724 bits per heavy atom. The Labute approximate surface area is 175 Å². The van der Waals surface area contributed by atoms with E-state index in [-0.39, 0.29) is 7.92 Å². The van der Waals surface area contributed by atoms with Gasteiger partial charge >= 0.3 is 0 Å². The summed E-state index contributed by atoms with van der Waals surface area (Å²) >= 11 is 0. The molecule has 0 heterocycles. The Morgan fingerprint density at radius 3 is 2.00 bits per heavy atom. The monoisotopic (exact) mass is 396 g/mol. The van der Waals surface area contributed by atoms with E-state index < -0.39 is 0 Å². The van der Waals surface area contributed by atoms with Gasteiger partial charge in [-0.05, 0) is 82.0 Å². The molecule has 0 spiro atoms. The molecule has 1 heteroatoms. The predicted molar refractivity (Wildman–Crippen MR) is 130 cm³/mol. The van der Waals surface area contributed by atoms with Crippen molar-refractivity contribution in [1.29, 1.82) is 0 Å². The molecule has 4 aromatic rings. The van der Waals surface area contributed by atoms with Crippen LogP contribution >= 0.6 is 7.92 Å². The van der Waals surface area contributed by atoms with E-state index in [9.17, 15) is 0 Å². The topological polar surface area (TPSA) is 0 Å². The van der Waals surface area contributed by atoms with Crippen molar-refractivity contribution in [3.05, 3.63) is 83.9 Å². The normalized spacial score (nSPS) is 15.9. The van der Waals surface area contributed by atoms with Crippen LogP contribution in [0.4, 0.5) is 0 Å². The molecule has 1 atom stereocenters. The van der Waals surface area contributed by atoms with Crippen molar-refractivity contribution in [3.8, 4) is 11.1 Å². The number of hydrogen-bond donors (Lipinski definition) is 0. The first-order valence-electron chi connectivity index (χ1n) is 10.9. The largest absolute Gasteiger partial charge is 0.102 e. The van der Waals surface area contributed by atoms with Crippen LogP contribution in [0.5, 0.6) is 0 Å². The van der Waals surface area contributed by atoms with Gasteiger partial charge in [-0.25, -0.2) is 0 Å². The van der Waals surface area contributed by atoms with Crippen LogP contribution in [0.1, 0.15) is 36.8 Å². The molecule has 0 saturated heterocycles. The predicted octanol–water partition coefficient (Wildman–Crippen LogP) is 8.52. The molecule has 1 aliphatic rings. The van der Waals surface area contributed by atoms with Gasteiger partial charge in [0, 0.05) is 0 Å². The second kappa shape index (κ2) is 7.92. The fraction of sp³-hybridized carbons (Fsp3) is 0.286. The minimum atomic E-state index is 0.0272. The van der Waals surface area contributed by atoms with Crippen molar-refractivity contribution >= 4 is 29.5 Å². The highest BCUT2D eigenvalue weighted by atomic mass is 31.1. The SMILES string of the molecule is Cc1ccc2ccccc2c1-c1c(CP(C)C2CCCC2)ccc2ccccc12. The van der Waals surface area contributed by atoms with E-state index in [0.717, 1.165) is 5.66 Å². The minimum absolute atomic E-state index is 0.0272. The molecule has 0 nitrogen and oxygen atoms in total. The maximum absolute atomic E-state index is 2.54. The molecular weight excluding hydrogens is 367 g/mol. The third-order valence-corrected chi connectivity index (χ3v) is 9.37. The second-order valence-electron chi connectivity index (χ2n) is 8.65. The highest BCUT2D eigenvalue weighted by Gasteiger charge is 2.23. The molecule has 0 bridgehead atoms. The number of benzene rings is 4. The number of fused-ring (bicyclic) bond motifs is 2. The first-order valence-corrected chi connectivity index (χ1v) is 13.0. The van der Waals surface area contributed by atoms with Crippen LogP contribution in [0.2, 0.25) is 0 Å². The van der Waals surface area contributed by atoms with Crippen LogP contribution in [0, 0.1) is 6.92 Å². The molecule has 29 heavy (non-hydrogen) atoms. The molecule has 1 fully saturated rings. The number of aryl methyl sites for hydroxylation is 1. The van der Waals surface area contributed by atoms with Gasteiger partial charge in [0.05, 0.1) is 0 Å². The van der Waals surface area contributed by atoms with Crippen molar-refractivity contribution in [2.75, 3.05) is 6.66 Å². The average molecular weight is 397 g/mol. The summed E-state index contributed by atoms with van der Waals surface area (Å²) in [4.78, 5) is 0. The zero-order valence-corrected chi connectivity index (χ0v) is 18.4. The lowest BCUT2D eigenvalue weighted by atomic mass is 9.88. The summed E-state index contributed by atoms with van der Waals surface area (Å²) in [5.41, 5.74) is 6.79. The Balaban J connectivity index is 1.75. The summed E-state index contributed by atoms with van der Waals surface area (Å²) in [5, 5.41) is 5.46. The molecule has 1 unspecified atom stereocenters. The van der Waals surface area contributed by atoms with Crippen molar-refractivity contribution < 1.29 is 0 Å². The van der Waals surface area contributed by atoms with Gasteiger partial charge in [-0.1, -0.05) is 85.6 Å². The third-order valence-electron chi connectivity index (χ3n) is 6.77. The summed E-state index contributed by atoms with van der Waals surface area (Å²) < 4.78 is 0. The lowest BCUT2D eigenvalue weighted by Gasteiger charge is -2.23. The first kappa shape index (κ1) is 18.8. The maximum Gasteiger partial charge on any atom is -0.00608 e. The highest BCUT2D eigenvalue weighted by Crippen LogP contribution is 2.50. The lowest BCUT2D eigenvalue weighted by Crippen LogP contribution is -2.02. The summed E-state index contributed by atoms with van der Waals surface area (Å²) in [6, 6.07) is 27.1. The quantitative estimate of drug-likeness (QED) is 0.303. The summed E-state index contributed by atoms with van der Waals surface area (Å²) in [5.74, 6) is 0. The molecule has 1 aliphatic carbocycles. The standard InChI is InChI=1S/C28H29P/c1-20-15-16-21-9-3-7-13-25(21)27(20)28-23(19-29(2)24-11-5-6-12-24)18-17-22-10-4-8-14-26(22)28/h3-4,7-10,13-18,24H,5-6,11-12,19H2,1-2H3. The molecule has 0 amide bonds. The first-order chi connectivity index (χ1) is 14.2. The van der Waals surface area contributed by atoms with Gasteiger partial charge in [-0.2, -0.15) is 0 Å². The fourth-order valence-electron chi connectivity index (χ4n) is 5.20. The number of hydrogen-bond acceptors (Lipinski definition) is 0. The summed E-state index contributed by atoms with van der Waals surface area (Å²) in [7, 11) is 0.0272. The molecule has 4 aromatic carbocycles. The van der Waals surface area contributed by atoms with E-state index in [1.54, 1.807) is 5.56 Å². The van der Waals surface area contributed by atoms with E-state index in [0.29, 0.717) is 0 Å². The van der Waals surface area contributed by atoms with Gasteiger partial charge in [-0.15, -0.1) is 7.92 Å². The Bertz CT molecular complexity index is 1170. The summed E-state index contributed by atoms with van der Waals surface area (Å²) in [6.45, 7) is 4.82. The van der Waals surface area contributed by atoms with E-state index in [2.05, 4.69) is 86.4 Å². The second-order valence-corrected chi connectivity index (χ2v) is 11.2. The van der Waals surface area contributed by atoms with Crippen LogP contribution in [-0.2, 0) is 6.16 Å². The highest BCUT2D eigenvalue weighted by molar-refractivity contribution is 7.56. The van der Waals surface area contributed by atoms with Crippen molar-refractivity contribution in [1.82, 2.24) is 0 Å². The van der Waals surface area contributed by atoms with Crippen molar-refractivity contribution in [2.45, 2.75) is 44.4 Å². The smallest absolute Gasteiger partial charge is 0.00608 e. The zero-order valence-electron chi connectivity index (χ0n) is 17.5. The fourth-order valence-corrected chi connectivity index (χ4v) is 7.50. The van der Waals surface area contributed by atoms with E-state index in [1.165, 1.54) is 70.1 Å². The van der Waals surface area contributed by atoms with E-state index in [1.807, 2.05) is 0 Å². The molecule has 146 valence electrons. The van der Waals surface area contributed by atoms with Crippen LogP contribution in [0.15, 0.2) is 72.8 Å². The van der Waals surface area contributed by atoms with Gasteiger partial charge in [-0.3, -0.25) is 0 Å². The van der Waals surface area contributed by atoms with Gasteiger partial charge < -0.3 is 0 Å². The lowest BCUT2D eigenvalue weighted by molar-refractivity contribution is 0.886. The van der Waals surface area contributed by atoms with Gasteiger partial charge in [0.15, 0.2) is 0 Å². The number of rotatable bonds is 4. The van der Waals surface area contributed by atoms with Crippen LogP contribution in [0.25, 0.3) is 32.7 Å². The third kappa shape index (κ3) is 3.49. The van der Waals surface area contributed by atoms with E-state index in [4.69, 9.17) is 0 Å². The van der Waals surface area contributed by atoms with Crippen LogP contribution in [-0.4, -0.2) is 12.3 Å². The molecule has 0 aliphatic heterocycles. The Hall–Kier alpha value is -2.17. The van der Waals surface area contributed by atoms with E-state index >= 15 is 0 Å². The average Bonchev–Trinajstić information content (AvgIpc) is 3.29. The molecule has 0 N–H and O–H groups in total. The van der Waals surface area contributed by atoms with Gasteiger partial charge in [0.1, 0.15) is 0 Å². The molecular formula is C28H29P. The van der Waals surface area contributed by atoms with Crippen LogP contribution in [0.3, 0.4) is 0 Å². The maximum atomic E-state index is 2.54. The van der Waals surface area contributed by atoms with Gasteiger partial charge in [0.2, 0.25) is 0 Å². The molecule has 1 saturated carbocycles. The van der Waals surface area contributed by atoms with Crippen molar-refractivity contribution in [3.63, 3.8) is 0 Å². The zero-order chi connectivity index (χ0) is 19.8. The molecule has 5 rings (SSSR count). The minimum Gasteiger partial charge on any atom is -0.102 e. The van der Waals surface area contributed by atoms with Crippen LogP contribution < -0.4 is 0 Å². The Morgan fingerprint density at radius 2 is 1.31 bits per heavy atom. The molecule has 0 radical (unpaired) electrons. The Kier molecular flexibility index (Phi) is 5.15.